The number of aromatic amines is 1. The zero-order valence-electron chi connectivity index (χ0n) is 13.0. The van der Waals surface area contributed by atoms with Gasteiger partial charge in [-0.1, -0.05) is 6.92 Å². The van der Waals surface area contributed by atoms with Crippen LogP contribution in [0.15, 0.2) is 6.20 Å². The third-order valence-electron chi connectivity index (χ3n) is 3.50. The molecule has 1 aromatic rings. The van der Waals surface area contributed by atoms with Gasteiger partial charge in [-0.3, -0.25) is 14.5 Å². The topological polar surface area (TPSA) is 98.4 Å². The molecular weight excluding hydrogens is 286 g/mol. The summed E-state index contributed by atoms with van der Waals surface area (Å²) in [5.74, 6) is 0.135. The van der Waals surface area contributed by atoms with Crippen molar-refractivity contribution in [1.82, 2.24) is 25.1 Å². The molecule has 2 heterocycles. The maximum absolute atomic E-state index is 12.2. The first-order chi connectivity index (χ1) is 10.4. The fraction of sp³-hybridized carbons (Fsp3) is 0.571. The molecule has 0 radical (unpaired) electrons. The van der Waals surface area contributed by atoms with Gasteiger partial charge in [0.15, 0.2) is 0 Å². The lowest BCUT2D eigenvalue weighted by Crippen LogP contribution is -2.37. The summed E-state index contributed by atoms with van der Waals surface area (Å²) < 4.78 is 0. The summed E-state index contributed by atoms with van der Waals surface area (Å²) in [7, 11) is 1.64. The number of amides is 4. The largest absolute Gasteiger partial charge is 0.345 e. The summed E-state index contributed by atoms with van der Waals surface area (Å²) in [5.41, 5.74) is 0.921. The number of rotatable bonds is 6. The molecule has 0 aliphatic carbocycles. The van der Waals surface area contributed by atoms with Gasteiger partial charge in [0.1, 0.15) is 11.9 Å². The van der Waals surface area contributed by atoms with E-state index in [1.807, 2.05) is 13.8 Å². The highest BCUT2D eigenvalue weighted by Gasteiger charge is 2.38. The second kappa shape index (κ2) is 6.59. The van der Waals surface area contributed by atoms with E-state index in [0.717, 1.165) is 10.6 Å². The molecule has 0 saturated carbocycles. The van der Waals surface area contributed by atoms with Crippen molar-refractivity contribution in [2.45, 2.75) is 39.3 Å². The molecule has 0 aromatic carbocycles. The summed E-state index contributed by atoms with van der Waals surface area (Å²) in [5, 5.41) is 2.56. The van der Waals surface area contributed by atoms with Crippen LogP contribution in [-0.2, 0) is 16.1 Å². The van der Waals surface area contributed by atoms with Crippen molar-refractivity contribution in [1.29, 1.82) is 0 Å². The van der Waals surface area contributed by atoms with E-state index in [0.29, 0.717) is 25.3 Å². The first kappa shape index (κ1) is 16.0. The number of imide groups is 1. The number of hydrogen-bond acceptors (Lipinski definition) is 4. The van der Waals surface area contributed by atoms with E-state index in [2.05, 4.69) is 15.3 Å². The Labute approximate surface area is 128 Å². The zero-order valence-corrected chi connectivity index (χ0v) is 13.0. The van der Waals surface area contributed by atoms with Crippen molar-refractivity contribution in [2.24, 2.45) is 0 Å². The maximum atomic E-state index is 12.2. The molecule has 22 heavy (non-hydrogen) atoms. The van der Waals surface area contributed by atoms with Crippen LogP contribution >= 0.6 is 0 Å². The Morgan fingerprint density at radius 1 is 1.45 bits per heavy atom. The van der Waals surface area contributed by atoms with Crippen LogP contribution < -0.4 is 5.32 Å². The molecule has 4 amide bonds. The normalized spacial score (nSPS) is 17.8. The van der Waals surface area contributed by atoms with Gasteiger partial charge in [-0.15, -0.1) is 0 Å². The minimum absolute atomic E-state index is 0.0407. The number of hydrogen-bond donors (Lipinski definition) is 2. The van der Waals surface area contributed by atoms with Gasteiger partial charge < -0.3 is 15.2 Å². The molecule has 8 nitrogen and oxygen atoms in total. The Kier molecular flexibility index (Phi) is 4.79. The molecule has 0 spiro atoms. The Hall–Kier alpha value is -2.38. The third kappa shape index (κ3) is 3.44. The highest BCUT2D eigenvalue weighted by molar-refractivity contribution is 6.05. The van der Waals surface area contributed by atoms with Crippen LogP contribution in [0.1, 0.15) is 31.3 Å². The number of nitrogens with zero attached hydrogens (tertiary/aromatic N) is 3. The SMILES string of the molecule is CCCN1C(=O)NC(CC(=O)N(C)Cc2ncc(C)[nH]2)C1=O. The van der Waals surface area contributed by atoms with Crippen LogP contribution in [-0.4, -0.2) is 57.2 Å². The molecule has 1 aromatic heterocycles. The van der Waals surface area contributed by atoms with Gasteiger partial charge in [-0.2, -0.15) is 0 Å². The lowest BCUT2D eigenvalue weighted by atomic mass is 10.2. The highest BCUT2D eigenvalue weighted by atomic mass is 16.2. The molecule has 120 valence electrons. The van der Waals surface area contributed by atoms with Crippen LogP contribution in [0.5, 0.6) is 0 Å². The smallest absolute Gasteiger partial charge is 0.324 e. The van der Waals surface area contributed by atoms with Crippen molar-refractivity contribution in [3.05, 3.63) is 17.7 Å². The molecule has 1 aliphatic rings. The van der Waals surface area contributed by atoms with Gasteiger partial charge in [0.25, 0.3) is 5.91 Å². The van der Waals surface area contributed by atoms with Crippen LogP contribution in [0.2, 0.25) is 0 Å². The lowest BCUT2D eigenvalue weighted by molar-refractivity contribution is -0.135. The van der Waals surface area contributed by atoms with E-state index in [-0.39, 0.29) is 18.2 Å². The number of urea groups is 1. The number of H-pyrrole nitrogens is 1. The van der Waals surface area contributed by atoms with E-state index in [1.165, 1.54) is 4.90 Å². The molecule has 8 heteroatoms. The van der Waals surface area contributed by atoms with Crippen LogP contribution in [0.4, 0.5) is 4.79 Å². The first-order valence-corrected chi connectivity index (χ1v) is 7.28. The molecule has 0 bridgehead atoms. The van der Waals surface area contributed by atoms with Crippen molar-refractivity contribution in [3.63, 3.8) is 0 Å². The third-order valence-corrected chi connectivity index (χ3v) is 3.50. The summed E-state index contributed by atoms with van der Waals surface area (Å²) in [4.78, 5) is 45.8. The van der Waals surface area contributed by atoms with Crippen LogP contribution in [0, 0.1) is 6.92 Å². The second-order valence-corrected chi connectivity index (χ2v) is 5.46. The van der Waals surface area contributed by atoms with Crippen molar-refractivity contribution in [2.75, 3.05) is 13.6 Å². The predicted molar refractivity (Wildman–Crippen MR) is 78.7 cm³/mol. The molecule has 1 aliphatic heterocycles. The Balaban J connectivity index is 1.91. The minimum Gasteiger partial charge on any atom is -0.345 e. The van der Waals surface area contributed by atoms with E-state index in [1.54, 1.807) is 13.2 Å². The molecule has 1 unspecified atom stereocenters. The molecule has 2 rings (SSSR count). The second-order valence-electron chi connectivity index (χ2n) is 5.46. The average molecular weight is 307 g/mol. The lowest BCUT2D eigenvalue weighted by Gasteiger charge is -2.17. The zero-order chi connectivity index (χ0) is 16.3. The highest BCUT2D eigenvalue weighted by Crippen LogP contribution is 2.12. The quantitative estimate of drug-likeness (QED) is 0.743. The maximum Gasteiger partial charge on any atom is 0.324 e. The summed E-state index contributed by atoms with van der Waals surface area (Å²) in [6.45, 7) is 4.47. The van der Waals surface area contributed by atoms with Crippen LogP contribution in [0.3, 0.4) is 0 Å². The number of carbonyl (C=O) groups excluding carboxylic acids is 3. The Morgan fingerprint density at radius 2 is 2.18 bits per heavy atom. The molecule has 1 fully saturated rings. The number of aromatic nitrogens is 2. The number of carbonyl (C=O) groups is 3. The standard InChI is InChI=1S/C14H21N5O3/c1-4-5-19-13(21)10(17-14(19)22)6-12(20)18(3)8-11-15-7-9(2)16-11/h7,10H,4-6,8H2,1-3H3,(H,15,16)(H,17,22). The molecule has 2 N–H and O–H groups in total. The van der Waals surface area contributed by atoms with Crippen LogP contribution in [0.25, 0.3) is 0 Å². The van der Waals surface area contributed by atoms with Gasteiger partial charge >= 0.3 is 6.03 Å². The number of aryl methyl sites for hydroxylation is 1. The monoisotopic (exact) mass is 307 g/mol. The fourth-order valence-electron chi connectivity index (χ4n) is 2.34. The minimum atomic E-state index is -0.771. The summed E-state index contributed by atoms with van der Waals surface area (Å²) in [6.07, 6.45) is 2.34. The van der Waals surface area contributed by atoms with Crippen molar-refractivity contribution >= 4 is 17.8 Å². The molecule has 1 saturated heterocycles. The van der Waals surface area contributed by atoms with Gasteiger partial charge in [-0.25, -0.2) is 9.78 Å². The van der Waals surface area contributed by atoms with E-state index < -0.39 is 12.1 Å². The number of nitrogens with one attached hydrogen (secondary N) is 2. The molecular formula is C14H21N5O3. The number of imidazole rings is 1. The summed E-state index contributed by atoms with van der Waals surface area (Å²) >= 11 is 0. The van der Waals surface area contributed by atoms with E-state index in [9.17, 15) is 14.4 Å². The van der Waals surface area contributed by atoms with Crippen molar-refractivity contribution in [3.8, 4) is 0 Å². The van der Waals surface area contributed by atoms with Crippen molar-refractivity contribution < 1.29 is 14.4 Å². The Bertz CT molecular complexity index is 583. The fourth-order valence-corrected chi connectivity index (χ4v) is 2.34. The van der Waals surface area contributed by atoms with Gasteiger partial charge in [0, 0.05) is 25.5 Å². The summed E-state index contributed by atoms with van der Waals surface area (Å²) in [6, 6.07) is -1.19. The van der Waals surface area contributed by atoms with Gasteiger partial charge in [0.2, 0.25) is 5.91 Å². The van der Waals surface area contributed by atoms with E-state index >= 15 is 0 Å². The van der Waals surface area contributed by atoms with Gasteiger partial charge in [-0.05, 0) is 13.3 Å². The molecule has 1 atom stereocenters. The van der Waals surface area contributed by atoms with E-state index in [4.69, 9.17) is 0 Å². The first-order valence-electron chi connectivity index (χ1n) is 7.28. The Morgan fingerprint density at radius 3 is 2.77 bits per heavy atom. The predicted octanol–water partition coefficient (Wildman–Crippen LogP) is 0.397. The average Bonchev–Trinajstić information content (AvgIpc) is 2.98. The van der Waals surface area contributed by atoms with Gasteiger partial charge in [0.05, 0.1) is 13.0 Å².